The fourth-order valence-electron chi connectivity index (χ4n) is 0.688. The van der Waals surface area contributed by atoms with Crippen molar-refractivity contribution >= 4 is 11.6 Å². The Bertz CT molecular complexity index is 82.4. The summed E-state index contributed by atoms with van der Waals surface area (Å²) in [6, 6.07) is 0. The van der Waals surface area contributed by atoms with Gasteiger partial charge in [0.05, 0.1) is 0 Å². The lowest BCUT2D eigenvalue weighted by molar-refractivity contribution is 0.643. The molecule has 0 atom stereocenters. The van der Waals surface area contributed by atoms with Crippen molar-refractivity contribution in [3.63, 3.8) is 0 Å². The molecule has 0 bridgehead atoms. The van der Waals surface area contributed by atoms with Gasteiger partial charge in [-0.05, 0) is 19.3 Å². The maximum Gasteiger partial charge on any atom is 0.00317 e. The third kappa shape index (κ3) is 4.20. The van der Waals surface area contributed by atoms with Crippen molar-refractivity contribution in [2.75, 3.05) is 0 Å². The van der Waals surface area contributed by atoms with E-state index in [-0.39, 0.29) is 0 Å². The molecule has 0 unspecified atom stereocenters. The second kappa shape index (κ2) is 3.96. The molecule has 0 aromatic rings. The summed E-state index contributed by atoms with van der Waals surface area (Å²) in [4.78, 5) is 0. The van der Waals surface area contributed by atoms with E-state index < -0.39 is 0 Å². The van der Waals surface area contributed by atoms with Gasteiger partial charge < -0.3 is 0 Å². The van der Waals surface area contributed by atoms with E-state index in [0.717, 1.165) is 12.3 Å². The van der Waals surface area contributed by atoms with Crippen LogP contribution in [0.3, 0.4) is 0 Å². The van der Waals surface area contributed by atoms with Crippen LogP contribution >= 0.6 is 11.6 Å². The monoisotopic (exact) mass is 132 g/mol. The van der Waals surface area contributed by atoms with Crippen molar-refractivity contribution in [2.24, 2.45) is 5.92 Å². The van der Waals surface area contributed by atoms with Gasteiger partial charge in [-0.1, -0.05) is 31.0 Å². The predicted octanol–water partition coefficient (Wildman–Crippen LogP) is 3.18. The van der Waals surface area contributed by atoms with Crippen LogP contribution in [0.1, 0.15) is 27.2 Å². The van der Waals surface area contributed by atoms with E-state index >= 15 is 0 Å². The zero-order valence-corrected chi connectivity index (χ0v) is 6.50. The van der Waals surface area contributed by atoms with E-state index in [1.54, 1.807) is 5.54 Å². The van der Waals surface area contributed by atoms with Gasteiger partial charge in [-0.25, -0.2) is 0 Å². The third-order valence-electron chi connectivity index (χ3n) is 0.916. The van der Waals surface area contributed by atoms with E-state index in [2.05, 4.69) is 13.8 Å². The van der Waals surface area contributed by atoms with Gasteiger partial charge in [-0.3, -0.25) is 0 Å². The van der Waals surface area contributed by atoms with Crippen LogP contribution in [-0.2, 0) is 0 Å². The van der Waals surface area contributed by atoms with E-state index in [1.165, 1.54) is 5.57 Å². The molecule has 0 aromatic heterocycles. The molecule has 0 rings (SSSR count). The van der Waals surface area contributed by atoms with E-state index in [1.807, 2.05) is 6.92 Å². The van der Waals surface area contributed by atoms with Crippen LogP contribution in [0.2, 0.25) is 0 Å². The van der Waals surface area contributed by atoms with Crippen molar-refractivity contribution < 1.29 is 0 Å². The second-order valence-corrected chi connectivity index (χ2v) is 2.77. The lowest BCUT2D eigenvalue weighted by Gasteiger charge is -2.01. The minimum absolute atomic E-state index is 0.727. The average Bonchev–Trinajstić information content (AvgIpc) is 1.65. The molecule has 0 nitrogen and oxygen atoms in total. The topological polar surface area (TPSA) is 0 Å². The van der Waals surface area contributed by atoms with Crippen LogP contribution in [0.15, 0.2) is 11.1 Å². The largest absolute Gasteiger partial charge is 0.0930 e. The smallest absolute Gasteiger partial charge is 0.00317 e. The van der Waals surface area contributed by atoms with Crippen molar-refractivity contribution in [3.8, 4) is 0 Å². The molecule has 0 spiro atoms. The van der Waals surface area contributed by atoms with Gasteiger partial charge in [0.2, 0.25) is 0 Å². The highest BCUT2D eigenvalue weighted by molar-refractivity contribution is 6.25. The van der Waals surface area contributed by atoms with Crippen LogP contribution in [0, 0.1) is 5.92 Å². The predicted molar refractivity (Wildman–Crippen MR) is 39.1 cm³/mol. The molecule has 0 fully saturated rings. The molecular weight excluding hydrogens is 120 g/mol. The first-order valence-electron chi connectivity index (χ1n) is 2.92. The molecule has 0 aliphatic rings. The minimum atomic E-state index is 0.727. The molecular formula is C7H13Cl. The Hall–Kier alpha value is 0.0300. The summed E-state index contributed by atoms with van der Waals surface area (Å²) in [5, 5.41) is 0. The van der Waals surface area contributed by atoms with Crippen molar-refractivity contribution in [1.82, 2.24) is 0 Å². The summed E-state index contributed by atoms with van der Waals surface area (Å²) in [5.74, 6) is 0.727. The molecule has 0 aromatic carbocycles. The molecule has 1 heteroatoms. The third-order valence-corrected chi connectivity index (χ3v) is 1.29. The number of rotatable bonds is 2. The summed E-state index contributed by atoms with van der Waals surface area (Å²) >= 11 is 5.43. The zero-order chi connectivity index (χ0) is 6.57. The Morgan fingerprint density at radius 3 is 2.25 bits per heavy atom. The first-order valence-corrected chi connectivity index (χ1v) is 3.36. The van der Waals surface area contributed by atoms with Gasteiger partial charge in [-0.15, -0.1) is 0 Å². The number of hydrogen-bond donors (Lipinski definition) is 0. The van der Waals surface area contributed by atoms with Gasteiger partial charge in [0.1, 0.15) is 0 Å². The Labute approximate surface area is 56.5 Å². The second-order valence-electron chi connectivity index (χ2n) is 2.55. The fourth-order valence-corrected chi connectivity index (χ4v) is 0.778. The molecule has 0 N–H and O–H groups in total. The average molecular weight is 133 g/mol. The van der Waals surface area contributed by atoms with Crippen molar-refractivity contribution in [3.05, 3.63) is 11.1 Å². The maximum atomic E-state index is 5.43. The quantitative estimate of drug-likeness (QED) is 0.542. The highest BCUT2D eigenvalue weighted by Gasteiger charge is 1.92. The zero-order valence-electron chi connectivity index (χ0n) is 5.74. The first kappa shape index (κ1) is 8.03. The lowest BCUT2D eigenvalue weighted by Crippen LogP contribution is -1.85. The first-order chi connectivity index (χ1) is 3.66. The Morgan fingerprint density at radius 2 is 2.12 bits per heavy atom. The van der Waals surface area contributed by atoms with Crippen molar-refractivity contribution in [1.29, 1.82) is 0 Å². The number of hydrogen-bond acceptors (Lipinski definition) is 0. The maximum absolute atomic E-state index is 5.43. The molecule has 0 aliphatic carbocycles. The number of allylic oxidation sites excluding steroid dienone is 1. The van der Waals surface area contributed by atoms with E-state index in [9.17, 15) is 0 Å². The van der Waals surface area contributed by atoms with Gasteiger partial charge in [0, 0.05) is 5.54 Å². The van der Waals surface area contributed by atoms with Crippen LogP contribution in [0.25, 0.3) is 0 Å². The van der Waals surface area contributed by atoms with Gasteiger partial charge >= 0.3 is 0 Å². The summed E-state index contributed by atoms with van der Waals surface area (Å²) in [5.41, 5.74) is 2.92. The van der Waals surface area contributed by atoms with Crippen molar-refractivity contribution in [2.45, 2.75) is 27.2 Å². The highest BCUT2D eigenvalue weighted by Crippen LogP contribution is 2.09. The van der Waals surface area contributed by atoms with Gasteiger partial charge in [-0.2, -0.15) is 0 Å². The Kier molecular flexibility index (Phi) is 3.98. The summed E-state index contributed by atoms with van der Waals surface area (Å²) in [6.07, 6.45) is 1.11. The minimum Gasteiger partial charge on any atom is -0.0930 e. The van der Waals surface area contributed by atoms with Crippen LogP contribution in [-0.4, -0.2) is 0 Å². The number of halogens is 1. The fraction of sp³-hybridized carbons (Fsp3) is 0.714. The Balaban J connectivity index is 3.39. The normalized spacial score (nSPS) is 12.9. The van der Waals surface area contributed by atoms with Gasteiger partial charge in [0.25, 0.3) is 0 Å². The summed E-state index contributed by atoms with van der Waals surface area (Å²) in [6.45, 7) is 6.42. The summed E-state index contributed by atoms with van der Waals surface area (Å²) in [7, 11) is 0. The molecule has 48 valence electrons. The molecule has 0 radical (unpaired) electrons. The van der Waals surface area contributed by atoms with E-state index in [0.29, 0.717) is 0 Å². The molecule has 0 saturated carbocycles. The molecule has 0 saturated heterocycles. The summed E-state index contributed by atoms with van der Waals surface area (Å²) < 4.78 is 0. The van der Waals surface area contributed by atoms with Crippen LogP contribution in [0.4, 0.5) is 0 Å². The van der Waals surface area contributed by atoms with Gasteiger partial charge in [0.15, 0.2) is 0 Å². The van der Waals surface area contributed by atoms with Crippen LogP contribution < -0.4 is 0 Å². The standard InChI is InChI=1S/C7H13Cl/c1-6(2)4-7(3)5-8/h5-6H,4H2,1-3H3/b7-5+. The molecule has 8 heavy (non-hydrogen) atoms. The lowest BCUT2D eigenvalue weighted by atomic mass is 10.1. The SMILES string of the molecule is C/C(=C\Cl)CC(C)C. The molecule has 0 aliphatic heterocycles. The van der Waals surface area contributed by atoms with Crippen LogP contribution in [0.5, 0.6) is 0 Å². The molecule has 0 amide bonds. The Morgan fingerprint density at radius 1 is 1.62 bits per heavy atom. The molecule has 0 heterocycles. The highest BCUT2D eigenvalue weighted by atomic mass is 35.5. The van der Waals surface area contributed by atoms with E-state index in [4.69, 9.17) is 11.6 Å².